The van der Waals surface area contributed by atoms with Crippen LogP contribution in [0, 0.1) is 6.92 Å². The number of halogens is 1. The van der Waals surface area contributed by atoms with E-state index in [1.165, 1.54) is 4.90 Å². The number of hydrogen-bond acceptors (Lipinski definition) is 4. The Balaban J connectivity index is 1.91. The van der Waals surface area contributed by atoms with Gasteiger partial charge < -0.3 is 10.0 Å². The molecule has 1 aromatic heterocycles. The van der Waals surface area contributed by atoms with Crippen molar-refractivity contribution in [1.29, 1.82) is 0 Å². The molecular weight excluding hydrogens is 448 g/mol. The van der Waals surface area contributed by atoms with Crippen LogP contribution in [0.5, 0.6) is 0 Å². The summed E-state index contributed by atoms with van der Waals surface area (Å²) in [6.07, 6.45) is 3.29. The molecule has 0 aliphatic carbocycles. The average molecular weight is 475 g/mol. The Bertz CT molecular complexity index is 1280. The number of aliphatic hydroxyl groups excluding tert-OH is 1. The highest BCUT2D eigenvalue weighted by Crippen LogP contribution is 2.41. The summed E-state index contributed by atoms with van der Waals surface area (Å²) in [6, 6.07) is 15.7. The van der Waals surface area contributed by atoms with E-state index in [9.17, 15) is 14.7 Å². The zero-order valence-electron chi connectivity index (χ0n) is 19.7. The van der Waals surface area contributed by atoms with Gasteiger partial charge >= 0.3 is 0 Å². The molecule has 2 aromatic carbocycles. The number of benzene rings is 2. The highest BCUT2D eigenvalue weighted by Gasteiger charge is 2.46. The monoisotopic (exact) mass is 474 g/mol. The maximum Gasteiger partial charge on any atom is 0.295 e. The summed E-state index contributed by atoms with van der Waals surface area (Å²) in [5.74, 6) is -1.52. The van der Waals surface area contributed by atoms with Crippen molar-refractivity contribution in [3.8, 4) is 0 Å². The minimum absolute atomic E-state index is 0.0792. The van der Waals surface area contributed by atoms with Gasteiger partial charge in [0.25, 0.3) is 11.7 Å². The van der Waals surface area contributed by atoms with Gasteiger partial charge in [0.1, 0.15) is 5.76 Å². The van der Waals surface area contributed by atoms with E-state index in [1.807, 2.05) is 25.1 Å². The summed E-state index contributed by atoms with van der Waals surface area (Å²) in [5.41, 5.74) is 3.86. The molecule has 1 saturated heterocycles. The Labute approximate surface area is 204 Å². The largest absolute Gasteiger partial charge is 0.507 e. The van der Waals surface area contributed by atoms with Crippen molar-refractivity contribution in [2.75, 3.05) is 0 Å². The van der Waals surface area contributed by atoms with E-state index in [4.69, 9.17) is 11.6 Å². The van der Waals surface area contributed by atoms with Crippen molar-refractivity contribution in [2.45, 2.75) is 45.7 Å². The van der Waals surface area contributed by atoms with Crippen molar-refractivity contribution in [1.82, 2.24) is 9.88 Å². The van der Waals surface area contributed by atoms with Crippen molar-refractivity contribution in [2.24, 2.45) is 0 Å². The van der Waals surface area contributed by atoms with Gasteiger partial charge in [-0.05, 0) is 64.9 Å². The van der Waals surface area contributed by atoms with Gasteiger partial charge in [0.2, 0.25) is 0 Å². The molecule has 34 heavy (non-hydrogen) atoms. The first-order valence-corrected chi connectivity index (χ1v) is 11.5. The summed E-state index contributed by atoms with van der Waals surface area (Å²) in [6.45, 7) is 8.35. The lowest BCUT2D eigenvalue weighted by Gasteiger charge is -2.26. The van der Waals surface area contributed by atoms with Crippen LogP contribution in [0.4, 0.5) is 0 Å². The zero-order chi connectivity index (χ0) is 24.6. The molecule has 0 bridgehead atoms. The highest BCUT2D eigenvalue weighted by molar-refractivity contribution is 6.46. The van der Waals surface area contributed by atoms with Gasteiger partial charge in [0.15, 0.2) is 0 Å². The molecule has 1 N–H and O–H groups in total. The third-order valence-electron chi connectivity index (χ3n) is 6.19. The molecule has 4 rings (SSSR count). The molecule has 0 radical (unpaired) electrons. The van der Waals surface area contributed by atoms with Crippen LogP contribution >= 0.6 is 11.6 Å². The molecule has 1 unspecified atom stereocenters. The number of nitrogens with zero attached hydrogens (tertiary/aromatic N) is 2. The number of carbonyl (C=O) groups excluding carboxylic acids is 2. The third-order valence-corrected chi connectivity index (χ3v) is 6.44. The molecule has 3 aromatic rings. The van der Waals surface area contributed by atoms with Crippen LogP contribution in [0.15, 0.2) is 72.6 Å². The van der Waals surface area contributed by atoms with Crippen LogP contribution in [-0.4, -0.2) is 26.7 Å². The van der Waals surface area contributed by atoms with Crippen LogP contribution in [0.2, 0.25) is 5.02 Å². The molecule has 2 heterocycles. The topological polar surface area (TPSA) is 70.5 Å². The van der Waals surface area contributed by atoms with Crippen molar-refractivity contribution in [3.05, 3.63) is 105 Å². The predicted octanol–water partition coefficient (Wildman–Crippen LogP) is 5.96. The Morgan fingerprint density at radius 2 is 1.68 bits per heavy atom. The second kappa shape index (κ2) is 9.07. The van der Waals surface area contributed by atoms with E-state index >= 15 is 0 Å². The number of aromatic nitrogens is 1. The van der Waals surface area contributed by atoms with Gasteiger partial charge in [-0.1, -0.05) is 56.6 Å². The van der Waals surface area contributed by atoms with Crippen molar-refractivity contribution in [3.63, 3.8) is 0 Å². The Morgan fingerprint density at radius 1 is 1.03 bits per heavy atom. The maximum atomic E-state index is 13.3. The molecule has 1 amide bonds. The first-order chi connectivity index (χ1) is 16.1. The van der Waals surface area contributed by atoms with Gasteiger partial charge in [-0.15, -0.1) is 0 Å². The van der Waals surface area contributed by atoms with E-state index in [1.54, 1.807) is 48.8 Å². The molecule has 1 atom stereocenters. The second-order valence-electron chi connectivity index (χ2n) is 9.61. The molecule has 1 aliphatic heterocycles. The van der Waals surface area contributed by atoms with E-state index in [0.29, 0.717) is 16.1 Å². The number of Topliss-reactive ketones (excluding diaryl/α,β-unsaturated/α-hetero) is 1. The summed E-state index contributed by atoms with van der Waals surface area (Å²) < 4.78 is 0. The SMILES string of the molecule is Cc1ccc(C(C)(C)C)cc1/C(O)=C1\C(=O)C(=O)N(Cc2ccncc2)C1c1ccc(Cl)cc1. The molecule has 174 valence electrons. The summed E-state index contributed by atoms with van der Waals surface area (Å²) in [5, 5.41) is 12.0. The lowest BCUT2D eigenvalue weighted by atomic mass is 9.84. The lowest BCUT2D eigenvalue weighted by molar-refractivity contribution is -0.140. The smallest absolute Gasteiger partial charge is 0.295 e. The van der Waals surface area contributed by atoms with E-state index in [-0.39, 0.29) is 23.3 Å². The van der Waals surface area contributed by atoms with Gasteiger partial charge in [0.05, 0.1) is 11.6 Å². The zero-order valence-corrected chi connectivity index (χ0v) is 20.4. The summed E-state index contributed by atoms with van der Waals surface area (Å²) >= 11 is 6.10. The molecule has 1 fully saturated rings. The second-order valence-corrected chi connectivity index (χ2v) is 10.1. The molecular formula is C28H27ClN2O3. The molecule has 0 saturated carbocycles. The van der Waals surface area contributed by atoms with Crippen LogP contribution in [0.3, 0.4) is 0 Å². The fourth-order valence-electron chi connectivity index (χ4n) is 4.21. The number of carbonyl (C=O) groups is 2. The lowest BCUT2D eigenvalue weighted by Crippen LogP contribution is -2.29. The molecule has 1 aliphatic rings. The first kappa shape index (κ1) is 23.7. The number of aliphatic hydroxyl groups is 1. The fourth-order valence-corrected chi connectivity index (χ4v) is 4.33. The van der Waals surface area contributed by atoms with E-state index in [0.717, 1.165) is 16.7 Å². The quantitative estimate of drug-likeness (QED) is 0.287. The molecule has 6 heteroatoms. The Hall–Kier alpha value is -3.44. The van der Waals surface area contributed by atoms with Crippen LogP contribution in [0.1, 0.15) is 54.6 Å². The number of likely N-dealkylation sites (tertiary alicyclic amines) is 1. The Morgan fingerprint density at radius 3 is 2.29 bits per heavy atom. The summed E-state index contributed by atoms with van der Waals surface area (Å²) in [7, 11) is 0. The number of ketones is 1. The summed E-state index contributed by atoms with van der Waals surface area (Å²) in [4.78, 5) is 32.0. The van der Waals surface area contributed by atoms with Crippen molar-refractivity contribution >= 4 is 29.1 Å². The minimum Gasteiger partial charge on any atom is -0.507 e. The number of pyridine rings is 1. The predicted molar refractivity (Wildman–Crippen MR) is 133 cm³/mol. The number of hydrogen-bond donors (Lipinski definition) is 1. The normalized spacial score (nSPS) is 17.9. The van der Waals surface area contributed by atoms with E-state index in [2.05, 4.69) is 25.8 Å². The van der Waals surface area contributed by atoms with Gasteiger partial charge in [-0.2, -0.15) is 0 Å². The molecule has 5 nitrogen and oxygen atoms in total. The molecule has 0 spiro atoms. The third kappa shape index (κ3) is 4.48. The van der Waals surface area contributed by atoms with Gasteiger partial charge in [-0.25, -0.2) is 0 Å². The van der Waals surface area contributed by atoms with Crippen LogP contribution in [0.25, 0.3) is 5.76 Å². The fraction of sp³-hybridized carbons (Fsp3) is 0.250. The number of amides is 1. The maximum absolute atomic E-state index is 13.3. The van der Waals surface area contributed by atoms with Gasteiger partial charge in [-0.3, -0.25) is 14.6 Å². The first-order valence-electron chi connectivity index (χ1n) is 11.1. The minimum atomic E-state index is -0.747. The van der Waals surface area contributed by atoms with Gasteiger partial charge in [0, 0.05) is 29.5 Å². The van der Waals surface area contributed by atoms with Crippen LogP contribution < -0.4 is 0 Å². The number of aryl methyl sites for hydroxylation is 1. The Kier molecular flexibility index (Phi) is 6.32. The highest BCUT2D eigenvalue weighted by atomic mass is 35.5. The van der Waals surface area contributed by atoms with Crippen molar-refractivity contribution < 1.29 is 14.7 Å². The standard InChI is InChI=1S/C28H27ClN2O3/c1-17-5-8-20(28(2,3)4)15-22(17)25(32)23-24(19-6-9-21(29)10-7-19)31(27(34)26(23)33)16-18-11-13-30-14-12-18/h5-15,24,32H,16H2,1-4H3/b25-23+. The number of rotatable bonds is 4. The van der Waals surface area contributed by atoms with E-state index < -0.39 is 17.7 Å². The van der Waals surface area contributed by atoms with Crippen LogP contribution in [-0.2, 0) is 21.5 Å². The average Bonchev–Trinajstić information content (AvgIpc) is 3.04.